The summed E-state index contributed by atoms with van der Waals surface area (Å²) in [7, 11) is 1.62. The molecule has 0 radical (unpaired) electrons. The van der Waals surface area contributed by atoms with Gasteiger partial charge in [-0.05, 0) is 55.0 Å². The fourth-order valence-corrected chi connectivity index (χ4v) is 6.09. The van der Waals surface area contributed by atoms with Gasteiger partial charge in [0.05, 0.1) is 43.0 Å². The van der Waals surface area contributed by atoms with E-state index in [0.717, 1.165) is 36.1 Å². The number of amides is 1. The average molecular weight is 571 g/mol. The van der Waals surface area contributed by atoms with Crippen molar-refractivity contribution in [1.82, 2.24) is 4.90 Å². The first-order valence-electron chi connectivity index (χ1n) is 14.0. The third-order valence-corrected chi connectivity index (χ3v) is 8.12. The average Bonchev–Trinajstić information content (AvgIpc) is 3.29. The normalized spacial score (nSPS) is 21.5. The van der Waals surface area contributed by atoms with Crippen molar-refractivity contribution >= 4 is 17.5 Å². The molecule has 0 aromatic heterocycles. The Balaban J connectivity index is 1.35. The summed E-state index contributed by atoms with van der Waals surface area (Å²) in [5.41, 5.74) is 1.54. The molecule has 218 valence electrons. The van der Waals surface area contributed by atoms with Gasteiger partial charge in [0, 0.05) is 30.6 Å². The van der Waals surface area contributed by atoms with Crippen LogP contribution in [-0.2, 0) is 22.6 Å². The Labute approximate surface area is 245 Å². The number of nitrogens with zero attached hydrogens (tertiary/aromatic N) is 3. The zero-order valence-corrected chi connectivity index (χ0v) is 23.6. The molecule has 1 N–H and O–H groups in total. The van der Waals surface area contributed by atoms with Crippen LogP contribution in [0.1, 0.15) is 42.4 Å². The predicted molar refractivity (Wildman–Crippen MR) is 156 cm³/mol. The highest BCUT2D eigenvalue weighted by Gasteiger charge is 2.52. The molecule has 2 unspecified atom stereocenters. The van der Waals surface area contributed by atoms with Crippen molar-refractivity contribution in [2.45, 2.75) is 44.4 Å². The van der Waals surface area contributed by atoms with E-state index in [2.05, 4.69) is 11.4 Å². The van der Waals surface area contributed by atoms with Gasteiger partial charge < -0.3 is 19.5 Å². The van der Waals surface area contributed by atoms with Crippen LogP contribution >= 0.6 is 0 Å². The second kappa shape index (κ2) is 12.5. The van der Waals surface area contributed by atoms with Gasteiger partial charge in [-0.3, -0.25) is 15.0 Å². The van der Waals surface area contributed by atoms with Crippen LogP contribution in [0.3, 0.4) is 0 Å². The smallest absolute Gasteiger partial charge is 0.410 e. The maximum atomic E-state index is 13.1. The number of rotatable bonds is 11. The quantitative estimate of drug-likeness (QED) is 0.218. The zero-order chi connectivity index (χ0) is 29.6. The van der Waals surface area contributed by atoms with Gasteiger partial charge in [0.15, 0.2) is 0 Å². The summed E-state index contributed by atoms with van der Waals surface area (Å²) in [6.07, 6.45) is 2.58. The van der Waals surface area contributed by atoms with E-state index in [1.165, 1.54) is 18.2 Å². The number of anilines is 1. The maximum absolute atomic E-state index is 13.1. The Morgan fingerprint density at radius 1 is 1.10 bits per heavy atom. The second-order valence-corrected chi connectivity index (χ2v) is 11.2. The first kappa shape index (κ1) is 28.9. The van der Waals surface area contributed by atoms with E-state index >= 15 is 0 Å². The summed E-state index contributed by atoms with van der Waals surface area (Å²) < 4.78 is 17.6. The zero-order valence-electron chi connectivity index (χ0n) is 23.6. The Kier molecular flexibility index (Phi) is 8.59. The molecule has 1 aliphatic carbocycles. The molecule has 2 aliphatic rings. The van der Waals surface area contributed by atoms with Crippen LogP contribution in [0.15, 0.2) is 72.8 Å². The molecule has 3 aromatic carbocycles. The number of ether oxygens (including phenoxy) is 3. The number of non-ortho nitro benzene ring substituents is 1. The number of nitro groups is 1. The molecule has 1 saturated carbocycles. The van der Waals surface area contributed by atoms with E-state index in [-0.39, 0.29) is 11.8 Å². The third kappa shape index (κ3) is 6.64. The van der Waals surface area contributed by atoms with Gasteiger partial charge in [0.2, 0.25) is 0 Å². The minimum absolute atomic E-state index is 0.0927. The van der Waals surface area contributed by atoms with Gasteiger partial charge >= 0.3 is 6.09 Å². The van der Waals surface area contributed by atoms with Crippen molar-refractivity contribution in [2.75, 3.05) is 32.1 Å². The highest BCUT2D eigenvalue weighted by atomic mass is 16.6. The maximum Gasteiger partial charge on any atom is 0.410 e. The van der Waals surface area contributed by atoms with Crippen LogP contribution < -0.4 is 10.1 Å². The molecule has 5 rings (SSSR count). The summed E-state index contributed by atoms with van der Waals surface area (Å²) in [6.45, 7) is 2.11. The van der Waals surface area contributed by atoms with Crippen molar-refractivity contribution in [1.29, 1.82) is 5.26 Å². The lowest BCUT2D eigenvalue weighted by atomic mass is 9.67. The van der Waals surface area contributed by atoms with Gasteiger partial charge in [-0.1, -0.05) is 42.5 Å². The summed E-state index contributed by atoms with van der Waals surface area (Å²) in [4.78, 5) is 25.8. The van der Waals surface area contributed by atoms with Crippen molar-refractivity contribution < 1.29 is 23.9 Å². The van der Waals surface area contributed by atoms with E-state index in [1.807, 2.05) is 54.6 Å². The van der Waals surface area contributed by atoms with Crippen LogP contribution in [0.2, 0.25) is 0 Å². The Hall–Kier alpha value is -4.62. The minimum atomic E-state index is -0.680. The predicted octanol–water partition coefficient (Wildman–Crippen LogP) is 6.06. The molecule has 1 amide bonds. The third-order valence-electron chi connectivity index (χ3n) is 8.12. The fourth-order valence-electron chi connectivity index (χ4n) is 6.09. The summed E-state index contributed by atoms with van der Waals surface area (Å²) in [5.74, 6) is 0.752. The molecule has 1 aliphatic heterocycles. The van der Waals surface area contributed by atoms with Crippen molar-refractivity contribution in [3.05, 3.63) is 99.6 Å². The molecule has 42 heavy (non-hydrogen) atoms. The highest BCUT2D eigenvalue weighted by molar-refractivity contribution is 5.71. The highest BCUT2D eigenvalue weighted by Crippen LogP contribution is 2.47. The Morgan fingerprint density at radius 3 is 2.60 bits per heavy atom. The van der Waals surface area contributed by atoms with Crippen LogP contribution in [0.4, 0.5) is 16.2 Å². The minimum Gasteiger partial charge on any atom is -0.497 e. The molecule has 10 nitrogen and oxygen atoms in total. The van der Waals surface area contributed by atoms with Crippen molar-refractivity contribution in [3.8, 4) is 11.8 Å². The largest absolute Gasteiger partial charge is 0.497 e. The van der Waals surface area contributed by atoms with E-state index in [0.29, 0.717) is 50.5 Å². The second-order valence-electron chi connectivity index (χ2n) is 11.2. The fraction of sp³-hybridized carbons (Fsp3) is 0.375. The summed E-state index contributed by atoms with van der Waals surface area (Å²) in [6, 6.07) is 23.8. The number of methoxy groups -OCH3 is 1. The molecule has 1 heterocycles. The van der Waals surface area contributed by atoms with E-state index in [1.54, 1.807) is 12.0 Å². The molecular weight excluding hydrogens is 536 g/mol. The van der Waals surface area contributed by atoms with Crippen LogP contribution in [-0.4, -0.2) is 48.3 Å². The lowest BCUT2D eigenvalue weighted by molar-refractivity contribution is -0.384. The number of carbonyl (C=O) groups is 1. The summed E-state index contributed by atoms with van der Waals surface area (Å²) >= 11 is 0. The van der Waals surface area contributed by atoms with Crippen LogP contribution in [0.5, 0.6) is 5.75 Å². The molecule has 2 atom stereocenters. The molecule has 2 fully saturated rings. The first-order chi connectivity index (χ1) is 20.3. The van der Waals surface area contributed by atoms with E-state index in [9.17, 15) is 20.2 Å². The standard InChI is InChI=1S/C32H34N4O6/c1-40-28-12-8-24(9-13-28)18-35-22-32(42-30(35)37)15-5-14-31(20-32,23-41-19-25-6-3-2-4-7-25)21-34-29-16-27(36(38)39)11-10-26(29)17-33/h2-4,6-13,16,34H,5,14-15,18-23H2,1H3. The Morgan fingerprint density at radius 2 is 1.88 bits per heavy atom. The van der Waals surface area contributed by atoms with Gasteiger partial charge in [0.25, 0.3) is 5.69 Å². The number of benzene rings is 3. The molecule has 10 heteroatoms. The summed E-state index contributed by atoms with van der Waals surface area (Å²) in [5, 5.41) is 24.4. The van der Waals surface area contributed by atoms with Crippen molar-refractivity contribution in [3.63, 3.8) is 0 Å². The molecule has 3 aromatic rings. The van der Waals surface area contributed by atoms with Gasteiger partial charge in [-0.25, -0.2) is 4.79 Å². The number of carbonyl (C=O) groups excluding carboxylic acids is 1. The topological polar surface area (TPSA) is 127 Å². The van der Waals surface area contributed by atoms with Crippen molar-refractivity contribution in [2.24, 2.45) is 5.41 Å². The van der Waals surface area contributed by atoms with Crippen LogP contribution in [0.25, 0.3) is 0 Å². The number of hydrogen-bond donors (Lipinski definition) is 1. The molecule has 0 bridgehead atoms. The number of hydrogen-bond acceptors (Lipinski definition) is 8. The number of nitro benzene ring substituents is 1. The lowest BCUT2D eigenvalue weighted by Gasteiger charge is -2.45. The lowest BCUT2D eigenvalue weighted by Crippen LogP contribution is -2.49. The van der Waals surface area contributed by atoms with E-state index < -0.39 is 15.9 Å². The Bertz CT molecular complexity index is 1460. The van der Waals surface area contributed by atoms with E-state index in [4.69, 9.17) is 14.2 Å². The van der Waals surface area contributed by atoms with Gasteiger partial charge in [0.1, 0.15) is 17.4 Å². The monoisotopic (exact) mass is 570 g/mol. The SMILES string of the molecule is COc1ccc(CN2CC3(CCCC(CNc4cc([N+](=O)[O-])ccc4C#N)(COCc4ccccc4)C3)OC2=O)cc1. The number of nitrogens with one attached hydrogen (secondary N) is 1. The first-order valence-corrected chi connectivity index (χ1v) is 14.0. The molecule has 1 spiro atoms. The molecular formula is C32H34N4O6. The molecule has 1 saturated heterocycles. The van der Waals surface area contributed by atoms with Gasteiger partial charge in [-0.2, -0.15) is 5.26 Å². The van der Waals surface area contributed by atoms with Gasteiger partial charge in [-0.15, -0.1) is 0 Å². The number of nitriles is 1. The van der Waals surface area contributed by atoms with Crippen LogP contribution in [0, 0.1) is 26.9 Å².